The van der Waals surface area contributed by atoms with Crippen LogP contribution in [0.25, 0.3) is 89.2 Å². The van der Waals surface area contributed by atoms with Crippen molar-refractivity contribution in [1.82, 2.24) is 0 Å². The Morgan fingerprint density at radius 3 is 1.42 bits per heavy atom. The van der Waals surface area contributed by atoms with Crippen LogP contribution in [0.15, 0.2) is 163 Å². The van der Waals surface area contributed by atoms with E-state index in [1.54, 1.807) is 0 Å². The van der Waals surface area contributed by atoms with E-state index < -0.39 is 0 Å². The second-order valence-electron chi connectivity index (χ2n) is 20.8. The smallest absolute Gasteiger partial charge is 0.0210 e. The van der Waals surface area contributed by atoms with Gasteiger partial charge >= 0.3 is 0 Å². The number of rotatable bonds is 8. The Morgan fingerprint density at radius 2 is 0.879 bits per heavy atom. The van der Waals surface area contributed by atoms with Gasteiger partial charge in [-0.25, -0.2) is 0 Å². The summed E-state index contributed by atoms with van der Waals surface area (Å²) in [6, 6.07) is 58.9. The van der Waals surface area contributed by atoms with E-state index in [2.05, 4.69) is 212 Å². The summed E-state index contributed by atoms with van der Waals surface area (Å²) in [5.74, 6) is 0. The number of allylic oxidation sites excluding steroid dienone is 3. The van der Waals surface area contributed by atoms with E-state index in [1.807, 2.05) is 0 Å². The Hall–Kier alpha value is -6.50. The summed E-state index contributed by atoms with van der Waals surface area (Å²) < 4.78 is 0. The van der Waals surface area contributed by atoms with Crippen LogP contribution in [-0.4, -0.2) is 0 Å². The Balaban J connectivity index is 0.830. The van der Waals surface area contributed by atoms with Crippen molar-refractivity contribution in [2.24, 2.45) is 5.41 Å². The molecule has 0 heterocycles. The molecule has 0 N–H and O–H groups in total. The van der Waals surface area contributed by atoms with E-state index in [4.69, 9.17) is 0 Å². The third-order valence-corrected chi connectivity index (χ3v) is 17.0. The molecule has 0 nitrogen and oxygen atoms in total. The molecule has 4 aliphatic carbocycles. The topological polar surface area (TPSA) is 0 Å². The van der Waals surface area contributed by atoms with Gasteiger partial charge in [-0.3, -0.25) is 0 Å². The van der Waals surface area contributed by atoms with E-state index in [0.717, 1.165) is 38.5 Å². The predicted octanol–water partition coefficient (Wildman–Crippen LogP) is 18.5. The van der Waals surface area contributed by atoms with Gasteiger partial charge < -0.3 is 0 Å². The van der Waals surface area contributed by atoms with E-state index >= 15 is 0 Å². The molecular formula is C66H60. The van der Waals surface area contributed by atoms with Gasteiger partial charge in [0.1, 0.15) is 0 Å². The maximum atomic E-state index is 2.54. The van der Waals surface area contributed by atoms with Crippen molar-refractivity contribution >= 4 is 22.4 Å². The number of benzene rings is 8. The maximum absolute atomic E-state index is 2.54. The molecule has 0 bridgehead atoms. The minimum Gasteiger partial charge on any atom is -0.0759 e. The zero-order valence-electron chi connectivity index (χ0n) is 39.8. The lowest BCUT2D eigenvalue weighted by atomic mass is 9.72. The van der Waals surface area contributed by atoms with Gasteiger partial charge in [-0.15, -0.1) is 0 Å². The van der Waals surface area contributed by atoms with Crippen molar-refractivity contribution in [2.75, 3.05) is 0 Å². The lowest BCUT2D eigenvalue weighted by Crippen LogP contribution is -2.23. The van der Waals surface area contributed by atoms with Crippen LogP contribution in [0.3, 0.4) is 0 Å². The highest BCUT2D eigenvalue weighted by atomic mass is 14.5. The molecule has 0 atom stereocenters. The van der Waals surface area contributed by atoms with E-state index in [0.29, 0.717) is 0 Å². The molecule has 0 unspecified atom stereocenters. The van der Waals surface area contributed by atoms with Gasteiger partial charge in [0.15, 0.2) is 0 Å². The first kappa shape index (κ1) is 41.0. The predicted molar refractivity (Wildman–Crippen MR) is 283 cm³/mol. The molecule has 8 aromatic rings. The average Bonchev–Trinajstić information content (AvgIpc) is 3.81. The molecule has 66 heavy (non-hydrogen) atoms. The minimum atomic E-state index is -0.0315. The van der Waals surface area contributed by atoms with Crippen LogP contribution in [0.4, 0.5) is 0 Å². The molecule has 12 rings (SSSR count). The van der Waals surface area contributed by atoms with Crippen molar-refractivity contribution in [2.45, 2.75) is 97.8 Å². The summed E-state index contributed by atoms with van der Waals surface area (Å²) >= 11 is 0. The SMILES string of the molecule is CCC1(CC)c2ccccc2-c2ccc(-c3ccc4c(c3)C(CC)(CC)c3cc(-c5ccc(-c6ccc(-c7ccc8ccc9c%10c8c7CC=C%10CC(C(C)(C)C)=C9)cc6)cc5)ccc3-4)cc21. The summed E-state index contributed by atoms with van der Waals surface area (Å²) in [6.07, 6.45) is 11.4. The van der Waals surface area contributed by atoms with Crippen molar-refractivity contribution in [1.29, 1.82) is 0 Å². The van der Waals surface area contributed by atoms with Gasteiger partial charge in [0, 0.05) is 10.8 Å². The second-order valence-corrected chi connectivity index (χ2v) is 20.8. The zero-order chi connectivity index (χ0) is 45.1. The summed E-state index contributed by atoms with van der Waals surface area (Å²) in [7, 11) is 0. The number of hydrogen-bond donors (Lipinski definition) is 0. The molecule has 0 saturated heterocycles. The maximum Gasteiger partial charge on any atom is 0.0210 e. The fourth-order valence-corrected chi connectivity index (χ4v) is 13.1. The molecule has 0 spiro atoms. The monoisotopic (exact) mass is 852 g/mol. The summed E-state index contributed by atoms with van der Waals surface area (Å²) in [4.78, 5) is 0. The highest BCUT2D eigenvalue weighted by molar-refractivity contribution is 6.06. The van der Waals surface area contributed by atoms with Gasteiger partial charge in [0.05, 0.1) is 0 Å². The minimum absolute atomic E-state index is 0.0315. The molecule has 0 fully saturated rings. The first-order valence-electron chi connectivity index (χ1n) is 24.8. The molecule has 0 amide bonds. The third kappa shape index (κ3) is 5.89. The van der Waals surface area contributed by atoms with Crippen LogP contribution in [0, 0.1) is 5.41 Å². The van der Waals surface area contributed by atoms with Crippen LogP contribution >= 0.6 is 0 Å². The molecule has 324 valence electrons. The summed E-state index contributed by atoms with van der Waals surface area (Å²) in [6.45, 7) is 16.5. The van der Waals surface area contributed by atoms with Crippen molar-refractivity contribution in [3.8, 4) is 66.8 Å². The van der Waals surface area contributed by atoms with Crippen molar-refractivity contribution < 1.29 is 0 Å². The Kier molecular flexibility index (Phi) is 9.32. The second kappa shape index (κ2) is 15.0. The highest BCUT2D eigenvalue weighted by Gasteiger charge is 2.42. The standard InChI is InChI=1S/C66H60/c1-8-65(9-2)58-15-13-12-14-53(58)54-33-28-47(39-59(54)65)48-29-34-56-55-32-27-46(38-60(55)66(10-3,11-4)61(56)40-48)43-18-16-41(17-19-43)42-20-22-44(23-21-42)52-31-26-45-24-25-49-36-51(64(5,6)7)37-50-30-35-57(52)63(45)62(49)50/h12-34,36,38-40H,8-11,35,37H2,1-7H3. The summed E-state index contributed by atoms with van der Waals surface area (Å²) in [5, 5.41) is 2.81. The fourth-order valence-electron chi connectivity index (χ4n) is 13.1. The summed E-state index contributed by atoms with van der Waals surface area (Å²) in [5.41, 5.74) is 29.5. The van der Waals surface area contributed by atoms with Crippen molar-refractivity contribution in [3.63, 3.8) is 0 Å². The molecule has 0 aliphatic heterocycles. The van der Waals surface area contributed by atoms with Gasteiger partial charge in [-0.1, -0.05) is 200 Å². The molecule has 0 heteroatoms. The largest absolute Gasteiger partial charge is 0.0759 e. The quantitative estimate of drug-likeness (QED) is 0.143. The Labute approximate surface area is 392 Å². The van der Waals surface area contributed by atoms with Crippen LogP contribution in [0.2, 0.25) is 0 Å². The highest BCUT2D eigenvalue weighted by Crippen LogP contribution is 2.56. The van der Waals surface area contributed by atoms with Crippen molar-refractivity contribution in [3.05, 3.63) is 202 Å². The number of hydrogen-bond acceptors (Lipinski definition) is 0. The van der Waals surface area contributed by atoms with Crippen LogP contribution < -0.4 is 0 Å². The Bertz CT molecular complexity index is 3350. The van der Waals surface area contributed by atoms with Crippen LogP contribution in [0.5, 0.6) is 0 Å². The molecule has 0 saturated carbocycles. The number of fused-ring (bicyclic) bond motifs is 6. The molecular weight excluding hydrogens is 793 g/mol. The van der Waals surface area contributed by atoms with Crippen LogP contribution in [0.1, 0.15) is 120 Å². The van der Waals surface area contributed by atoms with E-state index in [9.17, 15) is 0 Å². The first-order chi connectivity index (χ1) is 32.1. The average molecular weight is 853 g/mol. The molecule has 4 aliphatic rings. The molecule has 0 aromatic heterocycles. The fraction of sp³-hybridized carbons (Fsp3) is 0.242. The zero-order valence-corrected chi connectivity index (χ0v) is 39.8. The third-order valence-electron chi connectivity index (χ3n) is 17.0. The lowest BCUT2D eigenvalue weighted by Gasteiger charge is -2.32. The van der Waals surface area contributed by atoms with E-state index in [1.165, 1.54) is 128 Å². The van der Waals surface area contributed by atoms with Gasteiger partial charge in [-0.05, 0) is 184 Å². The normalized spacial score (nSPS) is 15.7. The molecule has 0 radical (unpaired) electrons. The van der Waals surface area contributed by atoms with Gasteiger partial charge in [-0.2, -0.15) is 0 Å². The lowest BCUT2D eigenvalue weighted by molar-refractivity contribution is 0.490. The van der Waals surface area contributed by atoms with E-state index in [-0.39, 0.29) is 16.2 Å². The van der Waals surface area contributed by atoms with Crippen LogP contribution in [-0.2, 0) is 17.3 Å². The van der Waals surface area contributed by atoms with Gasteiger partial charge in [0.2, 0.25) is 0 Å². The Morgan fingerprint density at radius 1 is 0.439 bits per heavy atom. The van der Waals surface area contributed by atoms with Gasteiger partial charge in [0.25, 0.3) is 0 Å². The first-order valence-corrected chi connectivity index (χ1v) is 24.8. The molecule has 8 aromatic carbocycles.